The van der Waals surface area contributed by atoms with E-state index in [4.69, 9.17) is 9.97 Å². The van der Waals surface area contributed by atoms with E-state index in [0.29, 0.717) is 5.82 Å². The lowest BCUT2D eigenvalue weighted by Crippen LogP contribution is -2.29. The molecule has 1 atom stereocenters. The normalized spacial score (nSPS) is 14.3. The predicted octanol–water partition coefficient (Wildman–Crippen LogP) is 13.9. The number of aromatic nitrogens is 2. The molecule has 3 heteroatoms. The SMILES string of the molecule is c1ccc(Nc2ccccc2C2(c3ccccc3)c3cc(-c4ccc(-c5nc(-c6ccccc6)c6ccccc6n5)cc4)ccc3-c3cc4ccccc4cc32)cc1. The van der Waals surface area contributed by atoms with E-state index in [-0.39, 0.29) is 0 Å². The first-order chi connectivity index (χ1) is 28.7. The molecule has 9 aromatic carbocycles. The van der Waals surface area contributed by atoms with Crippen molar-refractivity contribution in [2.75, 3.05) is 5.32 Å². The fourth-order valence-corrected chi connectivity index (χ4v) is 9.06. The Hall–Kier alpha value is -7.62. The molecule has 1 aromatic heterocycles. The van der Waals surface area contributed by atoms with Crippen molar-refractivity contribution < 1.29 is 0 Å². The van der Waals surface area contributed by atoms with Crippen molar-refractivity contribution >= 4 is 33.1 Å². The first kappa shape index (κ1) is 33.7. The molecule has 1 heterocycles. The van der Waals surface area contributed by atoms with Crippen LogP contribution in [0.3, 0.4) is 0 Å². The molecule has 0 fully saturated rings. The van der Waals surface area contributed by atoms with Gasteiger partial charge in [0.05, 0.1) is 16.6 Å². The summed E-state index contributed by atoms with van der Waals surface area (Å²) in [4.78, 5) is 10.2. The summed E-state index contributed by atoms with van der Waals surface area (Å²) < 4.78 is 0. The maximum Gasteiger partial charge on any atom is 0.160 e. The van der Waals surface area contributed by atoms with Crippen LogP contribution in [0.4, 0.5) is 11.4 Å². The lowest BCUT2D eigenvalue weighted by molar-refractivity contribution is 0.772. The topological polar surface area (TPSA) is 37.8 Å². The monoisotopic (exact) mass is 739 g/mol. The minimum Gasteiger partial charge on any atom is -0.355 e. The number of hydrogen-bond acceptors (Lipinski definition) is 3. The van der Waals surface area contributed by atoms with Crippen LogP contribution in [0.1, 0.15) is 22.3 Å². The second kappa shape index (κ2) is 13.8. The molecule has 1 N–H and O–H groups in total. The summed E-state index contributed by atoms with van der Waals surface area (Å²) in [5, 5.41) is 7.33. The van der Waals surface area contributed by atoms with Crippen molar-refractivity contribution in [3.63, 3.8) is 0 Å². The average molecular weight is 740 g/mol. The zero-order valence-electron chi connectivity index (χ0n) is 31.7. The number of fused-ring (bicyclic) bond motifs is 5. The van der Waals surface area contributed by atoms with E-state index in [1.165, 1.54) is 44.2 Å². The fraction of sp³-hybridized carbons (Fsp3) is 0.0182. The van der Waals surface area contributed by atoms with Gasteiger partial charge in [-0.25, -0.2) is 9.97 Å². The molecule has 1 aliphatic carbocycles. The molecular weight excluding hydrogens is 703 g/mol. The van der Waals surface area contributed by atoms with Gasteiger partial charge in [0.2, 0.25) is 0 Å². The van der Waals surface area contributed by atoms with Crippen LogP contribution in [0, 0.1) is 0 Å². The fourth-order valence-electron chi connectivity index (χ4n) is 9.06. The Morgan fingerprint density at radius 2 is 0.983 bits per heavy atom. The summed E-state index contributed by atoms with van der Waals surface area (Å²) in [5.74, 6) is 0.714. The lowest BCUT2D eigenvalue weighted by atomic mass is 9.66. The van der Waals surface area contributed by atoms with Crippen LogP contribution in [0.2, 0.25) is 0 Å². The van der Waals surface area contributed by atoms with Crippen molar-refractivity contribution in [3.05, 3.63) is 241 Å². The van der Waals surface area contributed by atoms with Gasteiger partial charge in [-0.2, -0.15) is 0 Å². The minimum absolute atomic E-state index is 0.614. The molecule has 0 radical (unpaired) electrons. The van der Waals surface area contributed by atoms with Crippen LogP contribution < -0.4 is 5.32 Å². The van der Waals surface area contributed by atoms with Gasteiger partial charge in [-0.05, 0) is 97.7 Å². The second-order valence-electron chi connectivity index (χ2n) is 15.0. The third-order valence-electron chi connectivity index (χ3n) is 11.7. The third kappa shape index (κ3) is 5.51. The van der Waals surface area contributed by atoms with Crippen LogP contribution in [-0.2, 0) is 5.41 Å². The van der Waals surface area contributed by atoms with E-state index in [0.717, 1.165) is 50.2 Å². The molecular formula is C55H37N3. The van der Waals surface area contributed by atoms with Crippen molar-refractivity contribution in [3.8, 4) is 44.9 Å². The zero-order chi connectivity index (χ0) is 38.5. The number of hydrogen-bond donors (Lipinski definition) is 1. The molecule has 1 unspecified atom stereocenters. The quantitative estimate of drug-likeness (QED) is 0.177. The molecule has 0 aliphatic heterocycles. The number of nitrogens with one attached hydrogen (secondary N) is 1. The van der Waals surface area contributed by atoms with Crippen LogP contribution in [0.15, 0.2) is 218 Å². The van der Waals surface area contributed by atoms with Crippen LogP contribution in [-0.4, -0.2) is 9.97 Å². The Kier molecular flexibility index (Phi) is 8.04. The van der Waals surface area contributed by atoms with Crippen molar-refractivity contribution in [2.24, 2.45) is 0 Å². The van der Waals surface area contributed by atoms with Gasteiger partial charge in [-0.1, -0.05) is 176 Å². The lowest BCUT2D eigenvalue weighted by Gasteiger charge is -2.36. The highest BCUT2D eigenvalue weighted by Gasteiger charge is 2.47. The van der Waals surface area contributed by atoms with E-state index >= 15 is 0 Å². The number of para-hydroxylation sites is 3. The molecule has 272 valence electrons. The molecule has 1 aliphatic rings. The van der Waals surface area contributed by atoms with Crippen LogP contribution in [0.25, 0.3) is 66.6 Å². The smallest absolute Gasteiger partial charge is 0.160 e. The number of anilines is 2. The van der Waals surface area contributed by atoms with Gasteiger partial charge < -0.3 is 5.32 Å². The van der Waals surface area contributed by atoms with Gasteiger partial charge in [0.1, 0.15) is 0 Å². The van der Waals surface area contributed by atoms with Crippen LogP contribution in [0.5, 0.6) is 0 Å². The molecule has 58 heavy (non-hydrogen) atoms. The maximum atomic E-state index is 5.14. The molecule has 11 rings (SSSR count). The summed E-state index contributed by atoms with van der Waals surface area (Å²) in [7, 11) is 0. The van der Waals surface area contributed by atoms with Gasteiger partial charge in [0.25, 0.3) is 0 Å². The van der Waals surface area contributed by atoms with Gasteiger partial charge >= 0.3 is 0 Å². The zero-order valence-corrected chi connectivity index (χ0v) is 31.7. The van der Waals surface area contributed by atoms with E-state index in [1.54, 1.807) is 0 Å². The standard InChI is InChI=1S/C55H37N3/c1-4-16-38(17-5-1)53-46-24-12-14-26-51(46)57-54(58-53)39-30-28-37(29-31-39)42-32-33-45-47-34-40-18-10-11-19-41(40)35-50(47)55(49(45)36-42,43-20-6-2-7-21-43)48-25-13-15-27-52(48)56-44-22-8-3-9-23-44/h1-36,56H. The Labute approximate surface area is 338 Å². The van der Waals surface area contributed by atoms with Gasteiger partial charge in [0, 0.05) is 27.9 Å². The van der Waals surface area contributed by atoms with E-state index in [2.05, 4.69) is 212 Å². The Balaban J connectivity index is 1.10. The summed E-state index contributed by atoms with van der Waals surface area (Å²) in [6, 6.07) is 78.3. The highest BCUT2D eigenvalue weighted by Crippen LogP contribution is 2.59. The van der Waals surface area contributed by atoms with E-state index in [9.17, 15) is 0 Å². The molecule has 10 aromatic rings. The Bertz CT molecular complexity index is 3120. The Morgan fingerprint density at radius 3 is 1.78 bits per heavy atom. The molecule has 0 saturated carbocycles. The first-order valence-electron chi connectivity index (χ1n) is 19.8. The first-order valence-corrected chi connectivity index (χ1v) is 19.8. The van der Waals surface area contributed by atoms with Gasteiger partial charge in [-0.15, -0.1) is 0 Å². The molecule has 0 saturated heterocycles. The maximum absolute atomic E-state index is 5.14. The minimum atomic E-state index is -0.614. The summed E-state index contributed by atoms with van der Waals surface area (Å²) in [6.07, 6.45) is 0. The highest BCUT2D eigenvalue weighted by atomic mass is 14.9. The Morgan fingerprint density at radius 1 is 0.379 bits per heavy atom. The van der Waals surface area contributed by atoms with Gasteiger partial charge in [0.15, 0.2) is 5.82 Å². The summed E-state index contributed by atoms with van der Waals surface area (Å²) in [6.45, 7) is 0. The van der Waals surface area contributed by atoms with Crippen LogP contribution >= 0.6 is 0 Å². The second-order valence-corrected chi connectivity index (χ2v) is 15.0. The van der Waals surface area contributed by atoms with Crippen molar-refractivity contribution in [1.29, 1.82) is 0 Å². The number of nitrogens with zero attached hydrogens (tertiary/aromatic N) is 2. The average Bonchev–Trinajstić information content (AvgIpc) is 3.58. The summed E-state index contributed by atoms with van der Waals surface area (Å²) in [5.41, 5.74) is 15.2. The number of rotatable bonds is 7. The largest absolute Gasteiger partial charge is 0.355 e. The third-order valence-corrected chi connectivity index (χ3v) is 11.7. The number of benzene rings is 9. The summed E-state index contributed by atoms with van der Waals surface area (Å²) >= 11 is 0. The predicted molar refractivity (Wildman–Crippen MR) is 240 cm³/mol. The molecule has 0 spiro atoms. The van der Waals surface area contributed by atoms with E-state index in [1.807, 2.05) is 12.1 Å². The van der Waals surface area contributed by atoms with Crippen molar-refractivity contribution in [1.82, 2.24) is 9.97 Å². The van der Waals surface area contributed by atoms with Crippen molar-refractivity contribution in [2.45, 2.75) is 5.41 Å². The molecule has 0 bridgehead atoms. The molecule has 0 amide bonds. The van der Waals surface area contributed by atoms with Gasteiger partial charge in [-0.3, -0.25) is 0 Å². The van der Waals surface area contributed by atoms with E-state index < -0.39 is 5.41 Å². The molecule has 3 nitrogen and oxygen atoms in total. The highest BCUT2D eigenvalue weighted by molar-refractivity contribution is 5.98.